The molecule has 1 fully saturated rings. The van der Waals surface area contributed by atoms with E-state index in [1.165, 1.54) is 6.07 Å². The van der Waals surface area contributed by atoms with Crippen LogP contribution < -0.4 is 15.4 Å². The first-order valence-electron chi connectivity index (χ1n) is 12.0. The molecule has 9 nitrogen and oxygen atoms in total. The van der Waals surface area contributed by atoms with Crippen LogP contribution in [0.15, 0.2) is 18.2 Å². The SMILES string of the molecule is CS(=O)(=O)CC(=O)Nc1c2c(nn1CCC1CC1)C[C@]1(CCc3cc(OCC(F)(F)F)ccc31)NC2=O. The Morgan fingerprint density at radius 3 is 2.76 bits per heavy atom. The number of hydrogen-bond donors (Lipinski definition) is 2. The van der Waals surface area contributed by atoms with Crippen LogP contribution in [0.3, 0.4) is 0 Å². The zero-order valence-corrected chi connectivity index (χ0v) is 21.0. The van der Waals surface area contributed by atoms with Crippen LogP contribution in [0.1, 0.15) is 52.9 Å². The summed E-state index contributed by atoms with van der Waals surface area (Å²) in [5, 5.41) is 10.3. The van der Waals surface area contributed by atoms with Gasteiger partial charge in [-0.05, 0) is 48.4 Å². The Kier molecular flexibility index (Phi) is 6.24. The molecule has 2 aliphatic carbocycles. The van der Waals surface area contributed by atoms with Gasteiger partial charge in [-0.15, -0.1) is 0 Å². The van der Waals surface area contributed by atoms with Gasteiger partial charge in [0.15, 0.2) is 16.4 Å². The van der Waals surface area contributed by atoms with Crippen LogP contribution in [0.5, 0.6) is 5.75 Å². The van der Waals surface area contributed by atoms with Crippen molar-refractivity contribution in [1.82, 2.24) is 15.1 Å². The van der Waals surface area contributed by atoms with Gasteiger partial charge in [-0.3, -0.25) is 9.59 Å². The van der Waals surface area contributed by atoms with Gasteiger partial charge in [0.1, 0.15) is 22.9 Å². The van der Waals surface area contributed by atoms with E-state index < -0.39 is 45.7 Å². The minimum atomic E-state index is -4.44. The topological polar surface area (TPSA) is 119 Å². The number of alkyl halides is 3. The molecule has 1 aliphatic heterocycles. The second-order valence-corrected chi connectivity index (χ2v) is 12.3. The number of carbonyl (C=O) groups is 2. The number of nitrogens with zero attached hydrogens (tertiary/aromatic N) is 2. The smallest absolute Gasteiger partial charge is 0.422 e. The molecule has 1 atom stereocenters. The van der Waals surface area contributed by atoms with Crippen LogP contribution in [0.25, 0.3) is 0 Å². The van der Waals surface area contributed by atoms with Gasteiger partial charge in [-0.1, -0.05) is 18.9 Å². The lowest BCUT2D eigenvalue weighted by atomic mass is 9.82. The molecule has 2 N–H and O–H groups in total. The van der Waals surface area contributed by atoms with Crippen molar-refractivity contribution in [2.45, 2.75) is 56.8 Å². The lowest BCUT2D eigenvalue weighted by Gasteiger charge is -2.35. The molecule has 1 spiro atoms. The number of carbonyl (C=O) groups excluding carboxylic acids is 2. The maximum Gasteiger partial charge on any atom is 0.422 e. The number of aryl methyl sites for hydroxylation is 2. The minimum absolute atomic E-state index is 0.108. The van der Waals surface area contributed by atoms with E-state index in [0.717, 1.165) is 36.6 Å². The van der Waals surface area contributed by atoms with Crippen molar-refractivity contribution in [2.24, 2.45) is 5.92 Å². The molecule has 200 valence electrons. The van der Waals surface area contributed by atoms with Gasteiger partial charge in [-0.2, -0.15) is 18.3 Å². The third-order valence-electron chi connectivity index (χ3n) is 6.99. The van der Waals surface area contributed by atoms with Crippen LogP contribution in [0, 0.1) is 5.92 Å². The first-order valence-corrected chi connectivity index (χ1v) is 14.1. The summed E-state index contributed by atoms with van der Waals surface area (Å²) >= 11 is 0. The van der Waals surface area contributed by atoms with E-state index >= 15 is 0 Å². The number of rotatable bonds is 8. The summed E-state index contributed by atoms with van der Waals surface area (Å²) in [4.78, 5) is 25.8. The van der Waals surface area contributed by atoms with E-state index in [1.807, 2.05) is 0 Å². The summed E-state index contributed by atoms with van der Waals surface area (Å²) in [5.41, 5.74) is 1.49. The van der Waals surface area contributed by atoms with Gasteiger partial charge in [-0.25, -0.2) is 13.1 Å². The standard InChI is InChI=1S/C24H27F3N4O5S/c1-37(34,35)12-19(32)28-21-20-18(30-31(21)9-7-14-2-3-14)11-23(29-22(20)33)8-6-15-10-16(4-5-17(15)23)36-13-24(25,26)27/h4-5,10,14H,2-3,6-9,11-13H2,1H3,(H,28,32)(H,29,33)/t23-/m0/s1. The lowest BCUT2D eigenvalue weighted by molar-refractivity contribution is -0.153. The zero-order chi connectivity index (χ0) is 26.6. The second kappa shape index (κ2) is 9.03. The molecule has 1 aromatic heterocycles. The molecule has 2 aromatic rings. The largest absolute Gasteiger partial charge is 0.484 e. The molecule has 1 aromatic carbocycles. The fourth-order valence-corrected chi connectivity index (χ4v) is 5.73. The number of nitrogens with one attached hydrogen (secondary N) is 2. The maximum absolute atomic E-state index is 13.4. The van der Waals surface area contributed by atoms with Crippen molar-refractivity contribution in [2.75, 3.05) is 23.9 Å². The van der Waals surface area contributed by atoms with Gasteiger partial charge >= 0.3 is 6.18 Å². The Balaban J connectivity index is 1.43. The summed E-state index contributed by atoms with van der Waals surface area (Å²) < 4.78 is 67.3. The average Bonchev–Trinajstić information content (AvgIpc) is 3.47. The molecule has 0 radical (unpaired) electrons. The van der Waals surface area contributed by atoms with E-state index in [4.69, 9.17) is 4.74 Å². The Bertz CT molecular complexity index is 1370. The molecule has 0 saturated heterocycles. The number of halogens is 3. The minimum Gasteiger partial charge on any atom is -0.484 e. The number of anilines is 1. The van der Waals surface area contributed by atoms with Gasteiger partial charge in [0.05, 0.1) is 11.2 Å². The Labute approximate surface area is 211 Å². The fraction of sp³-hybridized carbons (Fsp3) is 0.542. The number of amides is 2. The van der Waals surface area contributed by atoms with Gasteiger partial charge in [0.25, 0.3) is 5.91 Å². The third kappa shape index (κ3) is 5.60. The molecule has 5 rings (SSSR count). The highest BCUT2D eigenvalue weighted by Crippen LogP contribution is 2.44. The van der Waals surface area contributed by atoms with E-state index in [9.17, 15) is 31.2 Å². The highest BCUT2D eigenvalue weighted by molar-refractivity contribution is 7.91. The predicted molar refractivity (Wildman–Crippen MR) is 127 cm³/mol. The summed E-state index contributed by atoms with van der Waals surface area (Å²) in [6, 6.07) is 4.71. The molecule has 3 aliphatic rings. The summed E-state index contributed by atoms with van der Waals surface area (Å²) in [6.07, 6.45) is 0.967. The van der Waals surface area contributed by atoms with Crippen molar-refractivity contribution in [3.8, 4) is 5.75 Å². The van der Waals surface area contributed by atoms with E-state index in [1.54, 1.807) is 16.8 Å². The second-order valence-electron chi connectivity index (χ2n) is 10.2. The van der Waals surface area contributed by atoms with Gasteiger partial charge in [0.2, 0.25) is 5.91 Å². The number of sulfone groups is 1. The quantitative estimate of drug-likeness (QED) is 0.532. The van der Waals surface area contributed by atoms with Crippen LogP contribution in [0.2, 0.25) is 0 Å². The van der Waals surface area contributed by atoms with E-state index in [2.05, 4.69) is 15.7 Å². The van der Waals surface area contributed by atoms with E-state index in [0.29, 0.717) is 37.4 Å². The monoisotopic (exact) mass is 540 g/mol. The van der Waals surface area contributed by atoms with Crippen LogP contribution in [0.4, 0.5) is 19.0 Å². The van der Waals surface area contributed by atoms with Crippen molar-refractivity contribution < 1.29 is 35.9 Å². The molecule has 1 saturated carbocycles. The molecule has 37 heavy (non-hydrogen) atoms. The highest BCUT2D eigenvalue weighted by atomic mass is 32.2. The van der Waals surface area contributed by atoms with Crippen molar-refractivity contribution >= 4 is 27.5 Å². The number of benzene rings is 1. The molecule has 0 unspecified atom stereocenters. The zero-order valence-electron chi connectivity index (χ0n) is 20.2. The van der Waals surface area contributed by atoms with Gasteiger partial charge in [0, 0.05) is 19.2 Å². The summed E-state index contributed by atoms with van der Waals surface area (Å²) in [5.74, 6) is -1.05. The lowest BCUT2D eigenvalue weighted by Crippen LogP contribution is -2.49. The Hall–Kier alpha value is -3.09. The van der Waals surface area contributed by atoms with Crippen LogP contribution in [-0.2, 0) is 39.6 Å². The summed E-state index contributed by atoms with van der Waals surface area (Å²) in [7, 11) is -3.57. The average molecular weight is 541 g/mol. The van der Waals surface area contributed by atoms with Crippen molar-refractivity contribution in [3.05, 3.63) is 40.6 Å². The van der Waals surface area contributed by atoms with E-state index in [-0.39, 0.29) is 17.1 Å². The van der Waals surface area contributed by atoms with Gasteiger partial charge < -0.3 is 15.4 Å². The molecule has 0 bridgehead atoms. The normalized spacial score (nSPS) is 20.9. The first kappa shape index (κ1) is 25.6. The Morgan fingerprint density at radius 2 is 2.08 bits per heavy atom. The molecule has 2 heterocycles. The highest BCUT2D eigenvalue weighted by Gasteiger charge is 2.46. The Morgan fingerprint density at radius 1 is 1.32 bits per heavy atom. The van der Waals surface area contributed by atoms with Crippen molar-refractivity contribution in [3.63, 3.8) is 0 Å². The third-order valence-corrected chi connectivity index (χ3v) is 7.77. The first-order chi connectivity index (χ1) is 17.3. The maximum atomic E-state index is 13.4. The number of ether oxygens (including phenoxy) is 1. The number of fused-ring (bicyclic) bond motifs is 3. The number of aromatic nitrogens is 2. The molecule has 2 amide bonds. The molecular formula is C24H27F3N4O5S. The number of hydrogen-bond acceptors (Lipinski definition) is 6. The van der Waals surface area contributed by atoms with Crippen molar-refractivity contribution in [1.29, 1.82) is 0 Å². The summed E-state index contributed by atoms with van der Waals surface area (Å²) in [6.45, 7) is -0.911. The fourth-order valence-electron chi connectivity index (χ4n) is 5.19. The predicted octanol–water partition coefficient (Wildman–Crippen LogP) is 2.74. The van der Waals surface area contributed by atoms with Crippen LogP contribution in [-0.4, -0.2) is 54.8 Å². The van der Waals surface area contributed by atoms with Crippen LogP contribution >= 0.6 is 0 Å². The molecule has 13 heteroatoms. The molecular weight excluding hydrogens is 513 g/mol.